The van der Waals surface area contributed by atoms with E-state index in [4.69, 9.17) is 23.2 Å². The minimum absolute atomic E-state index is 0.00903. The highest BCUT2D eigenvalue weighted by atomic mass is 35.5. The van der Waals surface area contributed by atoms with Crippen LogP contribution in [0.5, 0.6) is 0 Å². The molecular weight excluding hydrogens is 264 g/mol. The largest absolute Gasteiger partial charge is 0.351 e. The topological polar surface area (TPSA) is 29.1 Å². The van der Waals surface area contributed by atoms with Crippen LogP contribution in [0.3, 0.4) is 0 Å². The summed E-state index contributed by atoms with van der Waals surface area (Å²) in [6, 6.07) is 3.98. The zero-order valence-corrected chi connectivity index (χ0v) is 10.6. The average Bonchev–Trinajstić information content (AvgIpc) is 3.13. The minimum Gasteiger partial charge on any atom is -0.351 e. The molecule has 1 aliphatic carbocycles. The molecule has 0 heterocycles. The number of alkyl halides is 1. The van der Waals surface area contributed by atoms with Crippen LogP contribution in [0.2, 0.25) is 5.02 Å². The maximum atomic E-state index is 13.1. The van der Waals surface area contributed by atoms with Crippen LogP contribution in [0, 0.1) is 11.7 Å². The molecule has 2 rings (SSSR count). The first kappa shape index (κ1) is 12.7. The van der Waals surface area contributed by atoms with Crippen molar-refractivity contribution in [1.29, 1.82) is 0 Å². The van der Waals surface area contributed by atoms with Gasteiger partial charge in [0.05, 0.1) is 10.4 Å². The summed E-state index contributed by atoms with van der Waals surface area (Å²) in [6.07, 6.45) is 2.25. The first-order valence-electron chi connectivity index (χ1n) is 5.45. The van der Waals surface area contributed by atoms with E-state index in [-0.39, 0.29) is 21.9 Å². The first-order valence-corrected chi connectivity index (χ1v) is 6.26. The van der Waals surface area contributed by atoms with E-state index in [0.29, 0.717) is 12.5 Å². The van der Waals surface area contributed by atoms with Gasteiger partial charge in [0.2, 0.25) is 0 Å². The molecule has 2 nitrogen and oxygen atoms in total. The van der Waals surface area contributed by atoms with E-state index >= 15 is 0 Å². The van der Waals surface area contributed by atoms with Gasteiger partial charge >= 0.3 is 0 Å². The van der Waals surface area contributed by atoms with Gasteiger partial charge in [0.15, 0.2) is 0 Å². The highest BCUT2D eigenvalue weighted by molar-refractivity contribution is 6.30. The number of carbonyl (C=O) groups is 1. The van der Waals surface area contributed by atoms with Crippen molar-refractivity contribution in [1.82, 2.24) is 5.32 Å². The lowest BCUT2D eigenvalue weighted by atomic mass is 10.2. The normalized spacial score (nSPS) is 16.6. The van der Waals surface area contributed by atoms with Gasteiger partial charge in [0.1, 0.15) is 5.82 Å². The molecule has 1 aromatic rings. The molecule has 0 radical (unpaired) electrons. The van der Waals surface area contributed by atoms with Crippen LogP contribution in [-0.4, -0.2) is 17.8 Å². The number of benzene rings is 1. The van der Waals surface area contributed by atoms with Crippen LogP contribution in [0.1, 0.15) is 23.2 Å². The Morgan fingerprint density at radius 1 is 1.53 bits per heavy atom. The Morgan fingerprint density at radius 3 is 2.82 bits per heavy atom. The Hall–Kier alpha value is -0.800. The Balaban J connectivity index is 1.92. The van der Waals surface area contributed by atoms with Gasteiger partial charge in [0, 0.05) is 12.1 Å². The molecule has 1 N–H and O–H groups in total. The molecule has 1 aliphatic rings. The van der Waals surface area contributed by atoms with E-state index in [1.165, 1.54) is 12.1 Å². The monoisotopic (exact) mass is 275 g/mol. The lowest BCUT2D eigenvalue weighted by Crippen LogP contribution is -2.30. The zero-order chi connectivity index (χ0) is 12.4. The average molecular weight is 276 g/mol. The summed E-state index contributed by atoms with van der Waals surface area (Å²) in [6.45, 7) is 0.412. The number of rotatable bonds is 4. The Morgan fingerprint density at radius 2 is 2.24 bits per heavy atom. The fraction of sp³-hybridized carbons (Fsp3) is 0.417. The van der Waals surface area contributed by atoms with Crippen molar-refractivity contribution in [2.45, 2.75) is 18.2 Å². The smallest absolute Gasteiger partial charge is 0.251 e. The van der Waals surface area contributed by atoms with Crippen molar-refractivity contribution in [2.75, 3.05) is 6.54 Å². The third-order valence-corrected chi connectivity index (χ3v) is 3.59. The molecule has 0 aromatic heterocycles. The number of halogens is 3. The number of carbonyl (C=O) groups excluding carboxylic acids is 1. The summed E-state index contributed by atoms with van der Waals surface area (Å²) >= 11 is 11.6. The Kier molecular flexibility index (Phi) is 3.89. The van der Waals surface area contributed by atoms with E-state index in [9.17, 15) is 9.18 Å². The second-order valence-electron chi connectivity index (χ2n) is 4.19. The lowest BCUT2D eigenvalue weighted by molar-refractivity contribution is 0.0952. The fourth-order valence-electron chi connectivity index (χ4n) is 1.55. The summed E-state index contributed by atoms with van der Waals surface area (Å²) in [7, 11) is 0. The Bertz CT molecular complexity index is 435. The van der Waals surface area contributed by atoms with E-state index in [0.717, 1.165) is 18.9 Å². The van der Waals surface area contributed by atoms with Crippen molar-refractivity contribution in [3.05, 3.63) is 34.6 Å². The van der Waals surface area contributed by atoms with Crippen LogP contribution < -0.4 is 5.32 Å². The van der Waals surface area contributed by atoms with Gasteiger partial charge in [-0.1, -0.05) is 11.6 Å². The molecule has 1 aromatic carbocycles. The second-order valence-corrected chi connectivity index (χ2v) is 5.16. The quantitative estimate of drug-likeness (QED) is 0.840. The van der Waals surface area contributed by atoms with Crippen LogP contribution in [0.25, 0.3) is 0 Å². The molecule has 0 aliphatic heterocycles. The van der Waals surface area contributed by atoms with E-state index in [1.807, 2.05) is 0 Å². The molecule has 0 bridgehead atoms. The van der Waals surface area contributed by atoms with E-state index in [2.05, 4.69) is 5.32 Å². The molecule has 1 unspecified atom stereocenters. The summed E-state index contributed by atoms with van der Waals surface area (Å²) in [5.74, 6) is -0.408. The van der Waals surface area contributed by atoms with Gasteiger partial charge < -0.3 is 5.32 Å². The molecule has 1 saturated carbocycles. The summed E-state index contributed by atoms with van der Waals surface area (Å²) in [4.78, 5) is 11.7. The number of hydrogen-bond donors (Lipinski definition) is 1. The van der Waals surface area contributed by atoms with Gasteiger partial charge in [-0.25, -0.2) is 4.39 Å². The number of amides is 1. The Labute approximate surface area is 109 Å². The van der Waals surface area contributed by atoms with E-state index in [1.54, 1.807) is 0 Å². The maximum absolute atomic E-state index is 13.1. The SMILES string of the molecule is O=C(NCC(Cl)C1CC1)c1ccc(Cl)c(F)c1. The van der Waals surface area contributed by atoms with Crippen LogP contribution >= 0.6 is 23.2 Å². The van der Waals surface area contributed by atoms with Crippen molar-refractivity contribution in [3.8, 4) is 0 Å². The molecule has 0 saturated heterocycles. The second kappa shape index (κ2) is 5.23. The van der Waals surface area contributed by atoms with Gasteiger partial charge in [-0.3, -0.25) is 4.79 Å². The van der Waals surface area contributed by atoms with Gasteiger partial charge in [0.25, 0.3) is 5.91 Å². The molecular formula is C12H12Cl2FNO. The fourth-order valence-corrected chi connectivity index (χ4v) is 2.00. The molecule has 1 atom stereocenters. The number of hydrogen-bond acceptors (Lipinski definition) is 1. The standard InChI is InChI=1S/C12H12Cl2FNO/c13-9-4-3-8(5-11(9)15)12(17)16-6-10(14)7-1-2-7/h3-5,7,10H,1-2,6H2,(H,16,17). The molecule has 0 spiro atoms. The van der Waals surface area contributed by atoms with Crippen LogP contribution in [0.15, 0.2) is 18.2 Å². The third-order valence-electron chi connectivity index (χ3n) is 2.77. The molecule has 1 amide bonds. The lowest BCUT2D eigenvalue weighted by Gasteiger charge is -2.09. The summed E-state index contributed by atoms with van der Waals surface area (Å²) in [5, 5.41) is 2.66. The molecule has 1 fully saturated rings. The molecule has 92 valence electrons. The highest BCUT2D eigenvalue weighted by Crippen LogP contribution is 2.35. The van der Waals surface area contributed by atoms with Crippen LogP contribution in [-0.2, 0) is 0 Å². The minimum atomic E-state index is -0.594. The van der Waals surface area contributed by atoms with Crippen molar-refractivity contribution < 1.29 is 9.18 Å². The van der Waals surface area contributed by atoms with Crippen molar-refractivity contribution in [3.63, 3.8) is 0 Å². The maximum Gasteiger partial charge on any atom is 0.251 e. The summed E-state index contributed by atoms with van der Waals surface area (Å²) < 4.78 is 13.1. The highest BCUT2D eigenvalue weighted by Gasteiger charge is 2.29. The van der Waals surface area contributed by atoms with Crippen LogP contribution in [0.4, 0.5) is 4.39 Å². The third kappa shape index (κ3) is 3.33. The molecule has 17 heavy (non-hydrogen) atoms. The predicted molar refractivity (Wildman–Crippen MR) is 66.1 cm³/mol. The van der Waals surface area contributed by atoms with E-state index < -0.39 is 5.82 Å². The first-order chi connectivity index (χ1) is 8.08. The summed E-state index contributed by atoms with van der Waals surface area (Å²) in [5.41, 5.74) is 0.256. The predicted octanol–water partition coefficient (Wildman–Crippen LogP) is 3.23. The van der Waals surface area contributed by atoms with Gasteiger partial charge in [-0.2, -0.15) is 0 Å². The van der Waals surface area contributed by atoms with Crippen molar-refractivity contribution >= 4 is 29.1 Å². The number of nitrogens with one attached hydrogen (secondary N) is 1. The zero-order valence-electron chi connectivity index (χ0n) is 9.05. The molecule has 5 heteroatoms. The van der Waals surface area contributed by atoms with Gasteiger partial charge in [-0.15, -0.1) is 11.6 Å². The van der Waals surface area contributed by atoms with Gasteiger partial charge in [-0.05, 0) is 37.0 Å². The van der Waals surface area contributed by atoms with Crippen molar-refractivity contribution in [2.24, 2.45) is 5.92 Å².